The molecule has 0 saturated carbocycles. The third kappa shape index (κ3) is 3.86. The van der Waals surface area contributed by atoms with Crippen LogP contribution in [0.25, 0.3) is 0 Å². The van der Waals surface area contributed by atoms with Crippen LogP contribution < -0.4 is 11.1 Å². The van der Waals surface area contributed by atoms with Crippen LogP contribution in [-0.2, 0) is 4.79 Å². The first-order valence-corrected chi connectivity index (χ1v) is 5.87. The number of nitrogens with one attached hydrogen (secondary N) is 1. The maximum atomic E-state index is 13.1. The average molecular weight is 248 g/mol. The summed E-state index contributed by atoms with van der Waals surface area (Å²) in [5, 5.41) is 2.75. The molecule has 0 radical (unpaired) electrons. The van der Waals surface area contributed by atoms with Crippen LogP contribution in [0.4, 0.5) is 10.1 Å². The molecule has 3 N–H and O–H groups in total. The molecule has 3 nitrogen and oxygen atoms in total. The van der Waals surface area contributed by atoms with Gasteiger partial charge < -0.3 is 11.1 Å². The molecule has 0 aromatic heterocycles. The molecule has 0 fully saturated rings. The van der Waals surface area contributed by atoms with Crippen LogP contribution >= 0.6 is 0 Å². The molecule has 1 aromatic rings. The van der Waals surface area contributed by atoms with E-state index in [2.05, 4.69) is 17.2 Å². The Morgan fingerprint density at radius 1 is 1.56 bits per heavy atom. The number of rotatable bonds is 3. The van der Waals surface area contributed by atoms with Crippen molar-refractivity contribution >= 4 is 11.6 Å². The Hall–Kier alpha value is -1.86. The molecule has 4 heteroatoms. The molecule has 0 heterocycles. The van der Waals surface area contributed by atoms with Crippen molar-refractivity contribution in [2.75, 3.05) is 11.9 Å². The third-order valence-corrected chi connectivity index (χ3v) is 2.62. The number of benzene rings is 1. The topological polar surface area (TPSA) is 55.1 Å². The molecule has 1 atom stereocenters. The van der Waals surface area contributed by atoms with Crippen LogP contribution in [-0.4, -0.2) is 12.5 Å². The van der Waals surface area contributed by atoms with E-state index in [0.717, 1.165) is 6.42 Å². The number of amides is 1. The summed E-state index contributed by atoms with van der Waals surface area (Å²) in [6, 6.07) is 4.09. The van der Waals surface area contributed by atoms with Gasteiger partial charge in [-0.05, 0) is 24.6 Å². The van der Waals surface area contributed by atoms with Crippen molar-refractivity contribution < 1.29 is 9.18 Å². The Balaban J connectivity index is 2.97. The van der Waals surface area contributed by atoms with E-state index in [1.165, 1.54) is 18.2 Å². The summed E-state index contributed by atoms with van der Waals surface area (Å²) < 4.78 is 13.1. The maximum absolute atomic E-state index is 13.1. The second kappa shape index (κ2) is 6.77. The van der Waals surface area contributed by atoms with E-state index >= 15 is 0 Å². The second-order valence-electron chi connectivity index (χ2n) is 3.99. The summed E-state index contributed by atoms with van der Waals surface area (Å²) in [4.78, 5) is 11.8. The zero-order chi connectivity index (χ0) is 13.5. The fourth-order valence-corrected chi connectivity index (χ4v) is 1.32. The number of carbonyl (C=O) groups excluding carboxylic acids is 1. The first kappa shape index (κ1) is 14.2. The van der Waals surface area contributed by atoms with Gasteiger partial charge in [-0.25, -0.2) is 4.39 Å². The van der Waals surface area contributed by atoms with Gasteiger partial charge in [0.1, 0.15) is 5.82 Å². The van der Waals surface area contributed by atoms with Gasteiger partial charge in [-0.3, -0.25) is 4.79 Å². The lowest BCUT2D eigenvalue weighted by Gasteiger charge is -2.11. The van der Waals surface area contributed by atoms with Gasteiger partial charge in [0.2, 0.25) is 5.91 Å². The van der Waals surface area contributed by atoms with Gasteiger partial charge in [0.15, 0.2) is 0 Å². The number of hydrogen-bond donors (Lipinski definition) is 2. The molecule has 0 spiro atoms. The minimum Gasteiger partial charge on any atom is -0.325 e. The molecule has 18 heavy (non-hydrogen) atoms. The van der Waals surface area contributed by atoms with E-state index in [9.17, 15) is 9.18 Å². The fourth-order valence-electron chi connectivity index (χ4n) is 1.32. The van der Waals surface area contributed by atoms with Crippen molar-refractivity contribution in [1.29, 1.82) is 0 Å². The predicted octanol–water partition coefficient (Wildman–Crippen LogP) is 2.12. The third-order valence-electron chi connectivity index (χ3n) is 2.62. The summed E-state index contributed by atoms with van der Waals surface area (Å²) >= 11 is 0. The van der Waals surface area contributed by atoms with Gasteiger partial charge in [-0.15, -0.1) is 0 Å². The van der Waals surface area contributed by atoms with E-state index in [0.29, 0.717) is 11.3 Å². The van der Waals surface area contributed by atoms with Gasteiger partial charge in [0, 0.05) is 5.92 Å². The Morgan fingerprint density at radius 2 is 2.28 bits per heavy atom. The van der Waals surface area contributed by atoms with Crippen LogP contribution in [0.2, 0.25) is 0 Å². The Kier molecular flexibility index (Phi) is 5.34. The fraction of sp³-hybridized carbons (Fsp3) is 0.357. The minimum atomic E-state index is -0.391. The summed E-state index contributed by atoms with van der Waals surface area (Å²) in [5.41, 5.74) is 6.24. The van der Waals surface area contributed by atoms with Crippen molar-refractivity contribution in [3.63, 3.8) is 0 Å². The predicted molar refractivity (Wildman–Crippen MR) is 70.4 cm³/mol. The van der Waals surface area contributed by atoms with Gasteiger partial charge in [0.05, 0.1) is 17.8 Å². The Morgan fingerprint density at radius 3 is 2.89 bits per heavy atom. The van der Waals surface area contributed by atoms with Crippen molar-refractivity contribution in [2.24, 2.45) is 11.7 Å². The van der Waals surface area contributed by atoms with E-state index in [1.807, 2.05) is 13.8 Å². The van der Waals surface area contributed by atoms with E-state index in [4.69, 9.17) is 5.73 Å². The summed E-state index contributed by atoms with van der Waals surface area (Å²) in [5.74, 6) is 4.81. The first-order chi connectivity index (χ1) is 8.58. The summed E-state index contributed by atoms with van der Waals surface area (Å²) in [6.07, 6.45) is 0.747. The van der Waals surface area contributed by atoms with E-state index < -0.39 is 5.82 Å². The lowest BCUT2D eigenvalue weighted by Crippen LogP contribution is -2.20. The summed E-state index contributed by atoms with van der Waals surface area (Å²) in [7, 11) is 0. The standard InChI is InChI=1S/C14H17FN2O/c1-3-10(2)14(18)17-13-7-6-12(15)9-11(13)5-4-8-16/h6-7,9-10H,3,8,16H2,1-2H3,(H,17,18). The average Bonchev–Trinajstić information content (AvgIpc) is 2.37. The number of hydrogen-bond acceptors (Lipinski definition) is 2. The Labute approximate surface area is 107 Å². The van der Waals surface area contributed by atoms with Crippen LogP contribution in [0, 0.1) is 23.6 Å². The normalized spacial score (nSPS) is 11.3. The highest BCUT2D eigenvalue weighted by atomic mass is 19.1. The lowest BCUT2D eigenvalue weighted by molar-refractivity contribution is -0.119. The number of nitrogens with two attached hydrogens (primary N) is 1. The molecule has 96 valence electrons. The van der Waals surface area contributed by atoms with Gasteiger partial charge in [-0.1, -0.05) is 25.7 Å². The van der Waals surface area contributed by atoms with Crippen molar-refractivity contribution in [3.05, 3.63) is 29.6 Å². The molecule has 1 rings (SSSR count). The molecule has 1 amide bonds. The van der Waals surface area contributed by atoms with Crippen LogP contribution in [0.15, 0.2) is 18.2 Å². The monoisotopic (exact) mass is 248 g/mol. The molecular weight excluding hydrogens is 231 g/mol. The number of halogens is 1. The smallest absolute Gasteiger partial charge is 0.227 e. The van der Waals surface area contributed by atoms with E-state index in [-0.39, 0.29) is 18.4 Å². The van der Waals surface area contributed by atoms with Crippen LogP contribution in [0.3, 0.4) is 0 Å². The highest BCUT2D eigenvalue weighted by Gasteiger charge is 2.12. The largest absolute Gasteiger partial charge is 0.325 e. The van der Waals surface area contributed by atoms with E-state index in [1.54, 1.807) is 0 Å². The highest BCUT2D eigenvalue weighted by Crippen LogP contribution is 2.17. The van der Waals surface area contributed by atoms with Crippen LogP contribution in [0.1, 0.15) is 25.8 Å². The molecule has 1 unspecified atom stereocenters. The molecule has 1 aromatic carbocycles. The summed E-state index contributed by atoms with van der Waals surface area (Å²) in [6.45, 7) is 3.96. The second-order valence-corrected chi connectivity index (χ2v) is 3.99. The Bertz CT molecular complexity index is 488. The van der Waals surface area contributed by atoms with Crippen LogP contribution in [0.5, 0.6) is 0 Å². The molecule has 0 aliphatic carbocycles. The number of anilines is 1. The van der Waals surface area contributed by atoms with Gasteiger partial charge in [-0.2, -0.15) is 0 Å². The number of carbonyl (C=O) groups is 1. The van der Waals surface area contributed by atoms with Crippen molar-refractivity contribution in [1.82, 2.24) is 0 Å². The maximum Gasteiger partial charge on any atom is 0.227 e. The molecule has 0 aliphatic rings. The molecule has 0 bridgehead atoms. The van der Waals surface area contributed by atoms with Gasteiger partial charge in [0.25, 0.3) is 0 Å². The molecule has 0 aliphatic heterocycles. The molecular formula is C14H17FN2O. The van der Waals surface area contributed by atoms with Crippen molar-refractivity contribution in [2.45, 2.75) is 20.3 Å². The minimum absolute atomic E-state index is 0.0922. The zero-order valence-corrected chi connectivity index (χ0v) is 10.6. The van der Waals surface area contributed by atoms with Crippen molar-refractivity contribution in [3.8, 4) is 11.8 Å². The highest BCUT2D eigenvalue weighted by molar-refractivity contribution is 5.93. The zero-order valence-electron chi connectivity index (χ0n) is 10.6. The molecule has 0 saturated heterocycles. The quantitative estimate of drug-likeness (QED) is 0.805. The SMILES string of the molecule is CCC(C)C(=O)Nc1ccc(F)cc1C#CCN. The first-order valence-electron chi connectivity index (χ1n) is 5.87. The lowest BCUT2D eigenvalue weighted by atomic mass is 10.1. The van der Waals surface area contributed by atoms with Gasteiger partial charge >= 0.3 is 0 Å².